The molecule has 1 aromatic heterocycles. The fourth-order valence-electron chi connectivity index (χ4n) is 2.86. The number of para-hydroxylation sites is 1. The van der Waals surface area contributed by atoms with Gasteiger partial charge in [-0.15, -0.1) is 10.2 Å². The van der Waals surface area contributed by atoms with Gasteiger partial charge in [-0.05, 0) is 25.0 Å². The minimum atomic E-state index is -0.310. The van der Waals surface area contributed by atoms with Crippen LogP contribution < -0.4 is 10.6 Å². The Kier molecular flexibility index (Phi) is 6.68. The molecule has 1 aliphatic carbocycles. The Balaban J connectivity index is 1.40. The van der Waals surface area contributed by atoms with E-state index in [2.05, 4.69) is 20.8 Å². The molecule has 1 aliphatic rings. The zero-order chi connectivity index (χ0) is 18.2. The first-order chi connectivity index (χ1) is 12.7. The number of nitrogens with zero attached hydrogens (tertiary/aromatic N) is 2. The minimum absolute atomic E-state index is 0.0123. The average Bonchev–Trinajstić information content (AvgIpc) is 3.12. The Morgan fingerprint density at radius 1 is 1.12 bits per heavy atom. The molecule has 26 heavy (non-hydrogen) atoms. The van der Waals surface area contributed by atoms with Gasteiger partial charge in [0.2, 0.25) is 10.9 Å². The maximum atomic E-state index is 12.1. The third kappa shape index (κ3) is 5.60. The number of aromatic nitrogens is 2. The van der Waals surface area contributed by atoms with E-state index in [0.29, 0.717) is 10.7 Å². The lowest BCUT2D eigenvalue weighted by molar-refractivity contribution is -0.127. The summed E-state index contributed by atoms with van der Waals surface area (Å²) in [4.78, 5) is 24.0. The van der Waals surface area contributed by atoms with Gasteiger partial charge in [-0.1, -0.05) is 48.8 Å². The van der Waals surface area contributed by atoms with Crippen LogP contribution in [-0.4, -0.2) is 34.7 Å². The molecule has 138 valence electrons. The number of carbonyl (C=O) groups excluding carboxylic acids is 2. The van der Waals surface area contributed by atoms with Crippen molar-refractivity contribution in [2.75, 3.05) is 11.9 Å². The maximum absolute atomic E-state index is 12.1. The first-order valence-electron chi connectivity index (χ1n) is 8.76. The maximum Gasteiger partial charge on any atom is 0.286 e. The SMILES string of the molecule is O=C(COCc1nnc(C(=O)Nc2ccccc2)s1)NC1CCCCC1. The molecular weight excluding hydrogens is 352 g/mol. The first-order valence-corrected chi connectivity index (χ1v) is 9.58. The van der Waals surface area contributed by atoms with Crippen LogP contribution in [0.4, 0.5) is 5.69 Å². The summed E-state index contributed by atoms with van der Waals surface area (Å²) < 4.78 is 5.40. The highest BCUT2D eigenvalue weighted by atomic mass is 32.1. The summed E-state index contributed by atoms with van der Waals surface area (Å²) in [6.07, 6.45) is 5.68. The summed E-state index contributed by atoms with van der Waals surface area (Å²) in [6.45, 7) is 0.149. The molecule has 2 aromatic rings. The van der Waals surface area contributed by atoms with Crippen LogP contribution in [0.5, 0.6) is 0 Å². The molecule has 0 radical (unpaired) electrons. The van der Waals surface area contributed by atoms with Crippen molar-refractivity contribution < 1.29 is 14.3 Å². The Hall–Kier alpha value is -2.32. The van der Waals surface area contributed by atoms with E-state index in [9.17, 15) is 9.59 Å². The number of carbonyl (C=O) groups is 2. The fourth-order valence-corrected chi connectivity index (χ4v) is 3.53. The van der Waals surface area contributed by atoms with Crippen molar-refractivity contribution in [3.63, 3.8) is 0 Å². The first kappa shape index (κ1) is 18.5. The predicted molar refractivity (Wildman–Crippen MR) is 99.0 cm³/mol. The molecule has 7 nitrogen and oxygen atoms in total. The summed E-state index contributed by atoms with van der Waals surface area (Å²) in [5, 5.41) is 14.4. The normalized spacial score (nSPS) is 14.8. The highest BCUT2D eigenvalue weighted by Gasteiger charge is 2.16. The lowest BCUT2D eigenvalue weighted by Gasteiger charge is -2.22. The molecule has 3 rings (SSSR count). The molecular formula is C18H22N4O3S. The molecule has 1 fully saturated rings. The van der Waals surface area contributed by atoms with Crippen LogP contribution in [0.1, 0.15) is 46.9 Å². The van der Waals surface area contributed by atoms with Crippen LogP contribution in [0.25, 0.3) is 0 Å². The highest BCUT2D eigenvalue weighted by molar-refractivity contribution is 7.13. The van der Waals surface area contributed by atoms with Gasteiger partial charge in [0.15, 0.2) is 0 Å². The predicted octanol–water partition coefficient (Wildman–Crippen LogP) is 2.76. The molecule has 0 aliphatic heterocycles. The van der Waals surface area contributed by atoms with Gasteiger partial charge in [0.1, 0.15) is 18.2 Å². The number of anilines is 1. The molecule has 0 atom stereocenters. The number of ether oxygens (including phenoxy) is 1. The summed E-state index contributed by atoms with van der Waals surface area (Å²) in [5.74, 6) is -0.418. The number of nitrogens with one attached hydrogen (secondary N) is 2. The van der Waals surface area contributed by atoms with Crippen molar-refractivity contribution in [3.05, 3.63) is 40.3 Å². The smallest absolute Gasteiger partial charge is 0.286 e. The van der Waals surface area contributed by atoms with Crippen molar-refractivity contribution in [2.45, 2.75) is 44.8 Å². The van der Waals surface area contributed by atoms with E-state index in [1.807, 2.05) is 18.2 Å². The molecule has 2 N–H and O–H groups in total. The average molecular weight is 374 g/mol. The van der Waals surface area contributed by atoms with Crippen molar-refractivity contribution >= 4 is 28.8 Å². The Bertz CT molecular complexity index is 729. The molecule has 0 saturated heterocycles. The standard InChI is InChI=1S/C18H22N4O3S/c23-15(19-13-7-3-1-4-8-13)11-25-12-16-21-22-18(26-16)17(24)20-14-9-5-2-6-10-14/h2,5-6,9-10,13H,1,3-4,7-8,11-12H2,(H,19,23)(H,20,24). The van der Waals surface area contributed by atoms with Crippen molar-refractivity contribution in [1.29, 1.82) is 0 Å². The van der Waals surface area contributed by atoms with Gasteiger partial charge in [0.25, 0.3) is 5.91 Å². The summed E-state index contributed by atoms with van der Waals surface area (Å²) in [5.41, 5.74) is 0.699. The lowest BCUT2D eigenvalue weighted by atomic mass is 9.95. The van der Waals surface area contributed by atoms with E-state index >= 15 is 0 Å². The van der Waals surface area contributed by atoms with Crippen LogP contribution >= 0.6 is 11.3 Å². The second-order valence-corrected chi connectivity index (χ2v) is 7.28. The van der Waals surface area contributed by atoms with Crippen LogP contribution in [0.2, 0.25) is 0 Å². The lowest BCUT2D eigenvalue weighted by Crippen LogP contribution is -2.38. The van der Waals surface area contributed by atoms with Gasteiger partial charge in [-0.25, -0.2) is 0 Å². The zero-order valence-electron chi connectivity index (χ0n) is 14.4. The molecule has 2 amide bonds. The highest BCUT2D eigenvalue weighted by Crippen LogP contribution is 2.17. The quantitative estimate of drug-likeness (QED) is 0.777. The van der Waals surface area contributed by atoms with Crippen LogP contribution in [0, 0.1) is 0 Å². The number of rotatable bonds is 7. The number of benzene rings is 1. The van der Waals surface area contributed by atoms with Crippen molar-refractivity contribution in [2.24, 2.45) is 0 Å². The van der Waals surface area contributed by atoms with E-state index in [1.54, 1.807) is 12.1 Å². The summed E-state index contributed by atoms with van der Waals surface area (Å²) >= 11 is 1.16. The molecule has 0 unspecified atom stereocenters. The molecule has 0 spiro atoms. The third-order valence-electron chi connectivity index (χ3n) is 4.12. The fraction of sp³-hybridized carbons (Fsp3) is 0.444. The number of hydrogen-bond acceptors (Lipinski definition) is 6. The minimum Gasteiger partial charge on any atom is -0.364 e. The van der Waals surface area contributed by atoms with E-state index in [1.165, 1.54) is 19.3 Å². The number of hydrogen-bond donors (Lipinski definition) is 2. The third-order valence-corrected chi connectivity index (χ3v) is 5.02. The van der Waals surface area contributed by atoms with Gasteiger partial charge in [-0.2, -0.15) is 0 Å². The molecule has 8 heteroatoms. The Morgan fingerprint density at radius 3 is 2.65 bits per heavy atom. The van der Waals surface area contributed by atoms with Gasteiger partial charge >= 0.3 is 0 Å². The topological polar surface area (TPSA) is 93.2 Å². The zero-order valence-corrected chi connectivity index (χ0v) is 15.3. The van der Waals surface area contributed by atoms with Gasteiger partial charge < -0.3 is 15.4 Å². The molecule has 1 heterocycles. The van der Waals surface area contributed by atoms with Crippen LogP contribution in [0.15, 0.2) is 30.3 Å². The van der Waals surface area contributed by atoms with Crippen LogP contribution in [-0.2, 0) is 16.1 Å². The van der Waals surface area contributed by atoms with Gasteiger partial charge in [0, 0.05) is 11.7 Å². The summed E-state index contributed by atoms with van der Waals surface area (Å²) in [7, 11) is 0. The second kappa shape index (κ2) is 9.40. The van der Waals surface area contributed by atoms with Crippen molar-refractivity contribution in [3.8, 4) is 0 Å². The van der Waals surface area contributed by atoms with Crippen molar-refractivity contribution in [1.82, 2.24) is 15.5 Å². The van der Waals surface area contributed by atoms with Crippen LogP contribution in [0.3, 0.4) is 0 Å². The van der Waals surface area contributed by atoms with Gasteiger partial charge in [-0.3, -0.25) is 9.59 Å². The Labute approximate surface area is 156 Å². The van der Waals surface area contributed by atoms with E-state index in [0.717, 1.165) is 24.2 Å². The van der Waals surface area contributed by atoms with E-state index in [-0.39, 0.29) is 36.1 Å². The second-order valence-electron chi connectivity index (χ2n) is 6.22. The van der Waals surface area contributed by atoms with E-state index < -0.39 is 0 Å². The Morgan fingerprint density at radius 2 is 1.88 bits per heavy atom. The van der Waals surface area contributed by atoms with Gasteiger partial charge in [0.05, 0.1) is 0 Å². The van der Waals surface area contributed by atoms with E-state index in [4.69, 9.17) is 4.74 Å². The monoisotopic (exact) mass is 374 g/mol. The molecule has 0 bridgehead atoms. The largest absolute Gasteiger partial charge is 0.364 e. The molecule has 1 aromatic carbocycles. The number of amides is 2. The molecule has 1 saturated carbocycles. The summed E-state index contributed by atoms with van der Waals surface area (Å²) in [6, 6.07) is 9.43.